The number of fused-ring (bicyclic) bond motifs is 1. The molecule has 0 saturated heterocycles. The molecule has 1 heterocycles. The number of phenolic OH excluding ortho intramolecular Hbond substituents is 1. The molecule has 4 N–H and O–H groups in total. The third kappa shape index (κ3) is 2.06. The summed E-state index contributed by atoms with van der Waals surface area (Å²) in [5.74, 6) is -0.0609. The highest BCUT2D eigenvalue weighted by molar-refractivity contribution is 9.10. The highest BCUT2D eigenvalue weighted by atomic mass is 79.9. The van der Waals surface area contributed by atoms with E-state index < -0.39 is 0 Å². The van der Waals surface area contributed by atoms with Crippen LogP contribution in [0.2, 0.25) is 0 Å². The van der Waals surface area contributed by atoms with Crippen LogP contribution in [0.5, 0.6) is 5.75 Å². The lowest BCUT2D eigenvalue weighted by atomic mass is 10.0. The van der Waals surface area contributed by atoms with E-state index in [0.717, 1.165) is 15.7 Å². The van der Waals surface area contributed by atoms with Gasteiger partial charge in [-0.2, -0.15) is 0 Å². The first-order valence-corrected chi connectivity index (χ1v) is 6.76. The van der Waals surface area contributed by atoms with E-state index in [1.165, 1.54) is 12.1 Å². The van der Waals surface area contributed by atoms with Crippen molar-refractivity contribution >= 4 is 38.8 Å². The Labute approximate surface area is 124 Å². The van der Waals surface area contributed by atoms with Gasteiger partial charge in [0.2, 0.25) is 0 Å². The average molecular weight is 331 g/mol. The molecule has 0 aliphatic carbocycles. The number of rotatable bonds is 1. The smallest absolute Gasteiger partial charge is 0.258 e. The van der Waals surface area contributed by atoms with Crippen molar-refractivity contribution in [2.24, 2.45) is 5.73 Å². The van der Waals surface area contributed by atoms with Crippen LogP contribution in [0.4, 0.5) is 5.69 Å². The molecular weight excluding hydrogens is 320 g/mol. The number of hydrogen-bond donors (Lipinski definition) is 3. The summed E-state index contributed by atoms with van der Waals surface area (Å²) < 4.78 is 0.878. The molecule has 0 radical (unpaired) electrons. The Kier molecular flexibility index (Phi) is 2.99. The number of carbonyl (C=O) groups is 1. The highest BCUT2D eigenvalue weighted by Gasteiger charge is 2.27. The maximum Gasteiger partial charge on any atom is 0.258 e. The normalized spacial score (nSPS) is 15.8. The Hall–Kier alpha value is -2.27. The molecule has 4 nitrogen and oxygen atoms in total. The molecule has 0 atom stereocenters. The van der Waals surface area contributed by atoms with E-state index in [4.69, 9.17) is 5.73 Å². The van der Waals surface area contributed by atoms with Gasteiger partial charge in [0.25, 0.3) is 5.91 Å². The van der Waals surface area contributed by atoms with E-state index in [2.05, 4.69) is 21.2 Å². The minimum absolute atomic E-state index is 0.158. The molecule has 1 aliphatic rings. The Morgan fingerprint density at radius 3 is 2.55 bits per heavy atom. The van der Waals surface area contributed by atoms with Gasteiger partial charge in [0.1, 0.15) is 5.75 Å². The van der Waals surface area contributed by atoms with Gasteiger partial charge in [-0.25, -0.2) is 0 Å². The molecule has 2 aromatic carbocycles. The van der Waals surface area contributed by atoms with Crippen LogP contribution in [0.3, 0.4) is 0 Å². The molecule has 1 amide bonds. The topological polar surface area (TPSA) is 75.4 Å². The summed E-state index contributed by atoms with van der Waals surface area (Å²) in [4.78, 5) is 12.1. The van der Waals surface area contributed by atoms with Crippen molar-refractivity contribution in [2.75, 3.05) is 5.32 Å². The fourth-order valence-corrected chi connectivity index (χ4v) is 2.55. The second-order valence-corrected chi connectivity index (χ2v) is 5.40. The number of halogens is 1. The molecule has 0 aromatic heterocycles. The average Bonchev–Trinajstić information content (AvgIpc) is 2.74. The molecule has 0 bridgehead atoms. The van der Waals surface area contributed by atoms with E-state index in [0.29, 0.717) is 16.8 Å². The third-order valence-corrected chi connectivity index (χ3v) is 3.67. The van der Waals surface area contributed by atoms with Crippen LogP contribution in [0.1, 0.15) is 11.1 Å². The molecule has 5 heteroatoms. The summed E-state index contributed by atoms with van der Waals surface area (Å²) in [7, 11) is 0. The minimum atomic E-state index is -0.219. The van der Waals surface area contributed by atoms with Crippen molar-refractivity contribution in [1.29, 1.82) is 0 Å². The van der Waals surface area contributed by atoms with Gasteiger partial charge < -0.3 is 16.2 Å². The van der Waals surface area contributed by atoms with E-state index in [1.807, 2.05) is 18.2 Å². The lowest BCUT2D eigenvalue weighted by molar-refractivity contribution is -0.110. The van der Waals surface area contributed by atoms with Crippen LogP contribution in [0.15, 0.2) is 46.9 Å². The standard InChI is InChI=1S/C15H11BrN2O2/c16-9-3-6-12-11(7-9)13(15(20)18-12)14(17)8-1-4-10(19)5-2-8/h1-7,19H,17H2,(H,18,20)/b14-13-. The molecular formula is C15H11BrN2O2. The van der Waals surface area contributed by atoms with E-state index in [9.17, 15) is 9.90 Å². The quantitative estimate of drug-likeness (QED) is 0.703. The summed E-state index contributed by atoms with van der Waals surface area (Å²) >= 11 is 3.39. The van der Waals surface area contributed by atoms with Crippen LogP contribution in [0.25, 0.3) is 11.3 Å². The molecule has 0 spiro atoms. The van der Waals surface area contributed by atoms with Gasteiger partial charge in [-0.3, -0.25) is 4.79 Å². The molecule has 0 fully saturated rings. The van der Waals surface area contributed by atoms with Crippen molar-refractivity contribution in [3.05, 3.63) is 58.1 Å². The first-order valence-electron chi connectivity index (χ1n) is 5.96. The van der Waals surface area contributed by atoms with Gasteiger partial charge in [0.15, 0.2) is 0 Å². The first-order chi connectivity index (χ1) is 9.56. The van der Waals surface area contributed by atoms with Crippen LogP contribution in [-0.2, 0) is 4.79 Å². The maximum absolute atomic E-state index is 12.1. The van der Waals surface area contributed by atoms with Crippen LogP contribution >= 0.6 is 15.9 Å². The number of nitrogens with two attached hydrogens (primary N) is 1. The predicted molar refractivity (Wildman–Crippen MR) is 81.9 cm³/mol. The van der Waals surface area contributed by atoms with E-state index in [1.54, 1.807) is 12.1 Å². The molecule has 0 saturated carbocycles. The molecule has 20 heavy (non-hydrogen) atoms. The Morgan fingerprint density at radius 2 is 1.85 bits per heavy atom. The first kappa shape index (κ1) is 12.7. The number of carbonyl (C=O) groups excluding carboxylic acids is 1. The van der Waals surface area contributed by atoms with Gasteiger partial charge in [0.05, 0.1) is 11.3 Å². The zero-order valence-corrected chi connectivity index (χ0v) is 11.9. The van der Waals surface area contributed by atoms with Crippen molar-refractivity contribution in [3.8, 4) is 5.75 Å². The fourth-order valence-electron chi connectivity index (χ4n) is 2.19. The molecule has 1 aliphatic heterocycles. The van der Waals surface area contributed by atoms with Crippen molar-refractivity contribution in [3.63, 3.8) is 0 Å². The number of hydrogen-bond acceptors (Lipinski definition) is 3. The van der Waals surface area contributed by atoms with Gasteiger partial charge in [-0.15, -0.1) is 0 Å². The Bertz CT molecular complexity index is 736. The van der Waals surface area contributed by atoms with E-state index in [-0.39, 0.29) is 11.7 Å². The predicted octanol–water partition coefficient (Wildman–Crippen LogP) is 2.93. The van der Waals surface area contributed by atoms with Crippen LogP contribution < -0.4 is 11.1 Å². The number of benzene rings is 2. The largest absolute Gasteiger partial charge is 0.508 e. The summed E-state index contributed by atoms with van der Waals surface area (Å²) in [5.41, 5.74) is 9.18. The number of aromatic hydroxyl groups is 1. The van der Waals surface area contributed by atoms with Crippen molar-refractivity contribution in [2.45, 2.75) is 0 Å². The highest BCUT2D eigenvalue weighted by Crippen LogP contribution is 2.36. The molecule has 0 unspecified atom stereocenters. The zero-order valence-electron chi connectivity index (χ0n) is 10.4. The number of phenols is 1. The van der Waals surface area contributed by atoms with Crippen molar-refractivity contribution in [1.82, 2.24) is 0 Å². The second kappa shape index (κ2) is 4.68. The summed E-state index contributed by atoms with van der Waals surface area (Å²) in [6.07, 6.45) is 0. The maximum atomic E-state index is 12.1. The Balaban J connectivity index is 2.18. The van der Waals surface area contributed by atoms with Crippen molar-refractivity contribution < 1.29 is 9.90 Å². The van der Waals surface area contributed by atoms with Gasteiger partial charge >= 0.3 is 0 Å². The lowest BCUT2D eigenvalue weighted by Crippen LogP contribution is -2.09. The van der Waals surface area contributed by atoms with Gasteiger partial charge in [-0.05, 0) is 48.0 Å². The monoisotopic (exact) mass is 330 g/mol. The third-order valence-electron chi connectivity index (χ3n) is 3.17. The molecule has 2 aromatic rings. The number of anilines is 1. The van der Waals surface area contributed by atoms with E-state index >= 15 is 0 Å². The minimum Gasteiger partial charge on any atom is -0.508 e. The Morgan fingerprint density at radius 1 is 1.15 bits per heavy atom. The number of nitrogens with one attached hydrogen (secondary N) is 1. The van der Waals surface area contributed by atoms with Gasteiger partial charge in [0, 0.05) is 15.7 Å². The number of amides is 1. The second-order valence-electron chi connectivity index (χ2n) is 4.48. The fraction of sp³-hybridized carbons (Fsp3) is 0. The van der Waals surface area contributed by atoms with Gasteiger partial charge in [-0.1, -0.05) is 15.9 Å². The summed E-state index contributed by atoms with van der Waals surface area (Å²) in [5, 5.41) is 12.1. The SMILES string of the molecule is N/C(=C1\C(=O)Nc2ccc(Br)cc21)c1ccc(O)cc1. The summed E-state index contributed by atoms with van der Waals surface area (Å²) in [6.45, 7) is 0. The summed E-state index contributed by atoms with van der Waals surface area (Å²) in [6, 6.07) is 12.0. The van der Waals surface area contributed by atoms with Crippen LogP contribution in [-0.4, -0.2) is 11.0 Å². The van der Waals surface area contributed by atoms with Crippen LogP contribution in [0, 0.1) is 0 Å². The zero-order chi connectivity index (χ0) is 14.3. The molecule has 3 rings (SSSR count). The molecule has 100 valence electrons. The lowest BCUT2D eigenvalue weighted by Gasteiger charge is -2.06.